The molecule has 0 heterocycles. The number of hydrogen-bond acceptors (Lipinski definition) is 2. The average Bonchev–Trinajstić information content (AvgIpc) is 2.15. The topological polar surface area (TPSA) is 57.5 Å². The molecule has 0 radical (unpaired) electrons. The molecular formula is C9H10O3Se. The maximum atomic E-state index is 10.7. The summed E-state index contributed by atoms with van der Waals surface area (Å²) < 4.78 is 0.844. The molecule has 0 unspecified atom stereocenters. The quantitative estimate of drug-likeness (QED) is 0.741. The zero-order valence-corrected chi connectivity index (χ0v) is 8.65. The summed E-state index contributed by atoms with van der Waals surface area (Å²) in [6, 6.07) is 6.93. The van der Waals surface area contributed by atoms with E-state index in [2.05, 4.69) is 0 Å². The monoisotopic (exact) mass is 246 g/mol. The summed E-state index contributed by atoms with van der Waals surface area (Å²) in [5, 5.41) is 18.1. The first-order chi connectivity index (χ1) is 6.25. The van der Waals surface area contributed by atoms with Crippen molar-refractivity contribution in [2.45, 2.75) is 5.32 Å². The van der Waals surface area contributed by atoms with Crippen LogP contribution in [0.1, 0.15) is 10.4 Å². The second-order valence-corrected chi connectivity index (χ2v) is 4.76. The Hall–Kier alpha value is -0.831. The van der Waals surface area contributed by atoms with Crippen LogP contribution in [0.2, 0.25) is 5.32 Å². The summed E-state index contributed by atoms with van der Waals surface area (Å²) in [7, 11) is 0. The van der Waals surface area contributed by atoms with Gasteiger partial charge in [-0.3, -0.25) is 0 Å². The van der Waals surface area contributed by atoms with Crippen LogP contribution in [0.3, 0.4) is 0 Å². The predicted octanol–water partition coefficient (Wildman–Crippen LogP) is 0.125. The molecule has 70 valence electrons. The minimum absolute atomic E-state index is 0.0593. The average molecular weight is 245 g/mol. The van der Waals surface area contributed by atoms with Crippen molar-refractivity contribution in [3.05, 3.63) is 29.8 Å². The van der Waals surface area contributed by atoms with E-state index in [0.717, 1.165) is 4.46 Å². The zero-order chi connectivity index (χ0) is 9.68. The van der Waals surface area contributed by atoms with Gasteiger partial charge >= 0.3 is 82.2 Å². The summed E-state index contributed by atoms with van der Waals surface area (Å²) in [6.07, 6.45) is 0. The number of hydrogen-bond donors (Lipinski definition) is 2. The van der Waals surface area contributed by atoms with Crippen LogP contribution in [0.4, 0.5) is 0 Å². The van der Waals surface area contributed by atoms with E-state index in [-0.39, 0.29) is 21.6 Å². The van der Waals surface area contributed by atoms with Crippen LogP contribution in [0.25, 0.3) is 0 Å². The molecule has 0 aliphatic heterocycles. The fraction of sp³-hybridized carbons (Fsp3) is 0.222. The summed E-state index contributed by atoms with van der Waals surface area (Å²) in [4.78, 5) is 10.7. The standard InChI is InChI=1S/C9H10O3Se/c10-5-6-13-8-4-2-1-3-7(8)9(11)12/h1-4,10H,5-6H2,(H,11,12). The van der Waals surface area contributed by atoms with E-state index in [4.69, 9.17) is 10.2 Å². The summed E-state index contributed by atoms with van der Waals surface area (Å²) >= 11 is 0.0593. The molecule has 0 saturated heterocycles. The number of carboxylic acids is 1. The van der Waals surface area contributed by atoms with Gasteiger partial charge < -0.3 is 0 Å². The first kappa shape index (κ1) is 10.3. The van der Waals surface area contributed by atoms with E-state index in [9.17, 15) is 4.79 Å². The number of rotatable bonds is 4. The molecule has 0 aromatic heterocycles. The maximum absolute atomic E-state index is 10.7. The third-order valence-electron chi connectivity index (χ3n) is 1.47. The molecule has 0 atom stereocenters. The second kappa shape index (κ2) is 5.02. The number of aliphatic hydroxyl groups is 1. The molecule has 1 aromatic rings. The van der Waals surface area contributed by atoms with Gasteiger partial charge in [-0.25, -0.2) is 0 Å². The Bertz CT molecular complexity index is 299. The van der Waals surface area contributed by atoms with Crippen LogP contribution in [-0.4, -0.2) is 37.7 Å². The molecule has 0 spiro atoms. The Morgan fingerprint density at radius 2 is 2.08 bits per heavy atom. The Labute approximate surface area is 82.6 Å². The molecule has 0 amide bonds. The van der Waals surface area contributed by atoms with Crippen molar-refractivity contribution in [3.8, 4) is 0 Å². The van der Waals surface area contributed by atoms with Crippen LogP contribution in [0, 0.1) is 0 Å². The third kappa shape index (κ3) is 2.84. The van der Waals surface area contributed by atoms with Crippen LogP contribution >= 0.6 is 0 Å². The molecule has 3 nitrogen and oxygen atoms in total. The fourth-order valence-electron chi connectivity index (χ4n) is 0.925. The Morgan fingerprint density at radius 1 is 1.38 bits per heavy atom. The molecule has 0 aliphatic rings. The van der Waals surface area contributed by atoms with E-state index < -0.39 is 5.97 Å². The van der Waals surface area contributed by atoms with Gasteiger partial charge in [0.2, 0.25) is 0 Å². The van der Waals surface area contributed by atoms with E-state index >= 15 is 0 Å². The van der Waals surface area contributed by atoms with Gasteiger partial charge in [-0.2, -0.15) is 0 Å². The van der Waals surface area contributed by atoms with Gasteiger partial charge in [0, 0.05) is 0 Å². The number of benzene rings is 1. The van der Waals surface area contributed by atoms with Crippen molar-refractivity contribution in [1.29, 1.82) is 0 Å². The van der Waals surface area contributed by atoms with E-state index in [1.807, 2.05) is 6.07 Å². The summed E-state index contributed by atoms with van der Waals surface area (Å²) in [5.74, 6) is -0.893. The van der Waals surface area contributed by atoms with Crippen LogP contribution in [-0.2, 0) is 0 Å². The number of carboxylic acid groups (broad SMARTS) is 1. The van der Waals surface area contributed by atoms with Gasteiger partial charge in [-0.05, 0) is 0 Å². The molecule has 1 rings (SSSR count). The van der Waals surface area contributed by atoms with E-state index in [1.54, 1.807) is 18.2 Å². The normalized spacial score (nSPS) is 9.92. The molecule has 1 aromatic carbocycles. The van der Waals surface area contributed by atoms with Crippen LogP contribution in [0.5, 0.6) is 0 Å². The SMILES string of the molecule is O=C(O)c1ccccc1[Se]CCO. The first-order valence-electron chi connectivity index (χ1n) is 3.81. The number of aliphatic hydroxyl groups excluding tert-OH is 1. The van der Waals surface area contributed by atoms with Crippen molar-refractivity contribution >= 4 is 25.4 Å². The Morgan fingerprint density at radius 3 is 2.69 bits per heavy atom. The zero-order valence-electron chi connectivity index (χ0n) is 6.93. The van der Waals surface area contributed by atoms with Gasteiger partial charge in [0.25, 0.3) is 0 Å². The van der Waals surface area contributed by atoms with Crippen LogP contribution in [0.15, 0.2) is 24.3 Å². The van der Waals surface area contributed by atoms with Crippen molar-refractivity contribution in [2.24, 2.45) is 0 Å². The predicted molar refractivity (Wildman–Crippen MR) is 50.7 cm³/mol. The van der Waals surface area contributed by atoms with Gasteiger partial charge in [-0.15, -0.1) is 0 Å². The van der Waals surface area contributed by atoms with Gasteiger partial charge in [0.15, 0.2) is 0 Å². The number of carbonyl (C=O) groups is 1. The van der Waals surface area contributed by atoms with Crippen molar-refractivity contribution in [1.82, 2.24) is 0 Å². The van der Waals surface area contributed by atoms with E-state index in [1.165, 1.54) is 0 Å². The Balaban J connectivity index is 2.84. The van der Waals surface area contributed by atoms with Crippen molar-refractivity contribution < 1.29 is 15.0 Å². The Kier molecular flexibility index (Phi) is 3.96. The fourth-order valence-corrected chi connectivity index (χ4v) is 2.60. The third-order valence-corrected chi connectivity index (χ3v) is 3.68. The van der Waals surface area contributed by atoms with Gasteiger partial charge in [0.05, 0.1) is 0 Å². The van der Waals surface area contributed by atoms with Crippen LogP contribution < -0.4 is 4.46 Å². The molecule has 0 fully saturated rings. The molecule has 4 heteroatoms. The van der Waals surface area contributed by atoms with Crippen molar-refractivity contribution in [2.75, 3.05) is 6.61 Å². The van der Waals surface area contributed by atoms with Gasteiger partial charge in [0.1, 0.15) is 0 Å². The summed E-state index contributed by atoms with van der Waals surface area (Å²) in [6.45, 7) is 0.119. The van der Waals surface area contributed by atoms with Gasteiger partial charge in [-0.1, -0.05) is 0 Å². The summed E-state index contributed by atoms with van der Waals surface area (Å²) in [5.41, 5.74) is 0.357. The molecule has 2 N–H and O–H groups in total. The first-order valence-corrected chi connectivity index (χ1v) is 5.88. The molecule has 0 saturated carbocycles. The second-order valence-electron chi connectivity index (χ2n) is 2.37. The molecule has 0 bridgehead atoms. The number of aromatic carboxylic acids is 1. The van der Waals surface area contributed by atoms with Crippen molar-refractivity contribution in [3.63, 3.8) is 0 Å². The molecular weight excluding hydrogens is 235 g/mol. The van der Waals surface area contributed by atoms with E-state index in [0.29, 0.717) is 10.9 Å². The molecule has 0 aliphatic carbocycles. The molecule has 13 heavy (non-hydrogen) atoms. The minimum atomic E-state index is -0.893.